The maximum Gasteiger partial charge on any atom is 0.251 e. The molecular weight excluding hydrogens is 383 g/mol. The highest BCUT2D eigenvalue weighted by molar-refractivity contribution is 7.89. The van der Waals surface area contributed by atoms with E-state index in [1.807, 2.05) is 26.8 Å². The molecule has 1 N–H and O–H groups in total. The molecule has 1 aromatic carbocycles. The zero-order valence-electron chi connectivity index (χ0n) is 16.3. The number of piperidine rings is 1. The first-order valence-electron chi connectivity index (χ1n) is 9.37. The number of halogens is 1. The average molecular weight is 408 g/mol. The standard InChI is InChI=1S/C20H25FN2O4S/c1-13-11-17(15(3)27-13)14(2)22-20(24)16-7-8-18(21)19(12-16)28(25,26)23-9-5-4-6-10-23/h7-8,11-12,14H,4-6,9-10H2,1-3H3,(H,22,24). The number of carbonyl (C=O) groups is 1. The van der Waals surface area contributed by atoms with Crippen LogP contribution >= 0.6 is 0 Å². The molecule has 1 unspecified atom stereocenters. The van der Waals surface area contributed by atoms with Crippen molar-refractivity contribution in [2.24, 2.45) is 0 Å². The maximum atomic E-state index is 14.3. The van der Waals surface area contributed by atoms with Crippen LogP contribution in [0.1, 0.15) is 59.7 Å². The van der Waals surface area contributed by atoms with Crippen molar-refractivity contribution in [2.45, 2.75) is 51.0 Å². The number of furan rings is 1. The van der Waals surface area contributed by atoms with Gasteiger partial charge in [0.2, 0.25) is 10.0 Å². The molecular formula is C20H25FN2O4S. The highest BCUT2D eigenvalue weighted by atomic mass is 32.2. The SMILES string of the molecule is Cc1cc(C(C)NC(=O)c2ccc(F)c(S(=O)(=O)N3CCCCC3)c2)c(C)o1. The lowest BCUT2D eigenvalue weighted by atomic mass is 10.1. The predicted molar refractivity (Wildman–Crippen MR) is 103 cm³/mol. The molecule has 1 aliphatic heterocycles. The van der Waals surface area contributed by atoms with Gasteiger partial charge < -0.3 is 9.73 Å². The second-order valence-electron chi connectivity index (χ2n) is 7.17. The Labute approximate surface area is 164 Å². The van der Waals surface area contributed by atoms with Crippen molar-refractivity contribution in [3.8, 4) is 0 Å². The first-order chi connectivity index (χ1) is 13.2. The number of nitrogens with one attached hydrogen (secondary N) is 1. The van der Waals surface area contributed by atoms with Gasteiger partial charge in [0.1, 0.15) is 22.2 Å². The summed E-state index contributed by atoms with van der Waals surface area (Å²) >= 11 is 0. The van der Waals surface area contributed by atoms with E-state index < -0.39 is 26.6 Å². The smallest absolute Gasteiger partial charge is 0.251 e. The van der Waals surface area contributed by atoms with Gasteiger partial charge in [-0.05, 0) is 57.9 Å². The minimum absolute atomic E-state index is 0.0988. The van der Waals surface area contributed by atoms with Gasteiger partial charge in [-0.15, -0.1) is 0 Å². The Hall–Kier alpha value is -2.19. The van der Waals surface area contributed by atoms with Crippen LogP contribution in [-0.4, -0.2) is 31.7 Å². The van der Waals surface area contributed by atoms with Crippen molar-refractivity contribution in [3.63, 3.8) is 0 Å². The zero-order valence-corrected chi connectivity index (χ0v) is 17.1. The van der Waals surface area contributed by atoms with Crippen LogP contribution in [0.25, 0.3) is 0 Å². The minimum Gasteiger partial charge on any atom is -0.466 e. The van der Waals surface area contributed by atoms with Gasteiger partial charge in [-0.3, -0.25) is 4.79 Å². The number of amides is 1. The maximum absolute atomic E-state index is 14.3. The molecule has 3 rings (SSSR count). The molecule has 152 valence electrons. The monoisotopic (exact) mass is 408 g/mol. The number of nitrogens with zero attached hydrogens (tertiary/aromatic N) is 1. The lowest BCUT2D eigenvalue weighted by Gasteiger charge is -2.26. The molecule has 1 amide bonds. The van der Waals surface area contributed by atoms with E-state index in [1.165, 1.54) is 10.4 Å². The van der Waals surface area contributed by atoms with E-state index in [9.17, 15) is 17.6 Å². The van der Waals surface area contributed by atoms with Gasteiger partial charge >= 0.3 is 0 Å². The molecule has 1 aromatic heterocycles. The molecule has 0 spiro atoms. The molecule has 2 aromatic rings. The third kappa shape index (κ3) is 4.12. The normalized spacial score (nSPS) is 16.7. The van der Waals surface area contributed by atoms with Gasteiger partial charge in [0.15, 0.2) is 0 Å². The first-order valence-corrected chi connectivity index (χ1v) is 10.8. The number of carbonyl (C=O) groups excluding carboxylic acids is 1. The summed E-state index contributed by atoms with van der Waals surface area (Å²) in [5.74, 6) is 0.125. The molecule has 28 heavy (non-hydrogen) atoms. The lowest BCUT2D eigenvalue weighted by molar-refractivity contribution is 0.0939. The number of rotatable bonds is 5. The first kappa shape index (κ1) is 20.5. The summed E-state index contributed by atoms with van der Waals surface area (Å²) in [6, 6.07) is 4.95. The number of hydrogen-bond acceptors (Lipinski definition) is 4. The molecule has 0 saturated carbocycles. The lowest BCUT2D eigenvalue weighted by Crippen LogP contribution is -2.36. The molecule has 0 bridgehead atoms. The number of sulfonamides is 1. The molecule has 8 heteroatoms. The van der Waals surface area contributed by atoms with Crippen molar-refractivity contribution in [3.05, 3.63) is 52.7 Å². The van der Waals surface area contributed by atoms with Gasteiger partial charge in [0, 0.05) is 24.2 Å². The molecule has 6 nitrogen and oxygen atoms in total. The van der Waals surface area contributed by atoms with E-state index in [4.69, 9.17) is 4.42 Å². The number of hydrogen-bond donors (Lipinski definition) is 1. The Morgan fingerprint density at radius 1 is 1.18 bits per heavy atom. The zero-order chi connectivity index (χ0) is 20.5. The molecule has 1 atom stereocenters. The third-order valence-corrected chi connectivity index (χ3v) is 6.93. The Kier molecular flexibility index (Phi) is 5.90. The van der Waals surface area contributed by atoms with Crippen molar-refractivity contribution >= 4 is 15.9 Å². The minimum atomic E-state index is -3.97. The van der Waals surface area contributed by atoms with Gasteiger partial charge in [-0.2, -0.15) is 4.31 Å². The van der Waals surface area contributed by atoms with E-state index in [0.29, 0.717) is 18.8 Å². The summed E-state index contributed by atoms with van der Waals surface area (Å²) in [6.07, 6.45) is 2.46. The van der Waals surface area contributed by atoms with Gasteiger partial charge in [0.05, 0.1) is 6.04 Å². The average Bonchev–Trinajstić information content (AvgIpc) is 3.00. The summed E-state index contributed by atoms with van der Waals surface area (Å²) < 4.78 is 46.7. The fourth-order valence-electron chi connectivity index (χ4n) is 3.52. The van der Waals surface area contributed by atoms with Gasteiger partial charge in [0.25, 0.3) is 5.91 Å². The Morgan fingerprint density at radius 3 is 2.46 bits per heavy atom. The largest absolute Gasteiger partial charge is 0.466 e. The van der Waals surface area contributed by atoms with E-state index in [2.05, 4.69) is 5.32 Å². The van der Waals surface area contributed by atoms with Crippen molar-refractivity contribution in [2.75, 3.05) is 13.1 Å². The second kappa shape index (κ2) is 8.05. The summed E-state index contributed by atoms with van der Waals surface area (Å²) in [6.45, 7) is 6.18. The van der Waals surface area contributed by atoms with Crippen molar-refractivity contribution < 1.29 is 22.0 Å². The van der Waals surface area contributed by atoms with Crippen LogP contribution in [0.4, 0.5) is 4.39 Å². The van der Waals surface area contributed by atoms with Crippen LogP contribution in [0.2, 0.25) is 0 Å². The van der Waals surface area contributed by atoms with Crippen LogP contribution in [0.3, 0.4) is 0 Å². The van der Waals surface area contributed by atoms with E-state index >= 15 is 0 Å². The number of aryl methyl sites for hydroxylation is 2. The number of benzene rings is 1. The topological polar surface area (TPSA) is 79.6 Å². The van der Waals surface area contributed by atoms with Crippen LogP contribution < -0.4 is 5.32 Å². The summed E-state index contributed by atoms with van der Waals surface area (Å²) in [5.41, 5.74) is 0.941. The molecule has 1 saturated heterocycles. The molecule has 2 heterocycles. The summed E-state index contributed by atoms with van der Waals surface area (Å²) in [4.78, 5) is 12.2. The fourth-order valence-corrected chi connectivity index (χ4v) is 5.13. The Morgan fingerprint density at radius 2 is 1.86 bits per heavy atom. The second-order valence-corrected chi connectivity index (χ2v) is 9.08. The van der Waals surface area contributed by atoms with Crippen molar-refractivity contribution in [1.82, 2.24) is 9.62 Å². The van der Waals surface area contributed by atoms with Crippen LogP contribution in [0.15, 0.2) is 33.6 Å². The fraction of sp³-hybridized carbons (Fsp3) is 0.450. The molecule has 1 fully saturated rings. The predicted octanol–water partition coefficient (Wildman–Crippen LogP) is 3.70. The van der Waals surface area contributed by atoms with Crippen LogP contribution in [0.5, 0.6) is 0 Å². The van der Waals surface area contributed by atoms with E-state index in [1.54, 1.807) is 0 Å². The third-order valence-electron chi connectivity index (χ3n) is 5.02. The van der Waals surface area contributed by atoms with Crippen LogP contribution in [-0.2, 0) is 10.0 Å². The van der Waals surface area contributed by atoms with E-state index in [-0.39, 0.29) is 11.6 Å². The molecule has 0 radical (unpaired) electrons. The van der Waals surface area contributed by atoms with E-state index in [0.717, 1.165) is 42.7 Å². The summed E-state index contributed by atoms with van der Waals surface area (Å²) in [7, 11) is -3.97. The highest BCUT2D eigenvalue weighted by Crippen LogP contribution is 2.25. The summed E-state index contributed by atoms with van der Waals surface area (Å²) in [5, 5.41) is 2.81. The van der Waals surface area contributed by atoms with Gasteiger partial charge in [-0.25, -0.2) is 12.8 Å². The molecule has 1 aliphatic rings. The quantitative estimate of drug-likeness (QED) is 0.818. The highest BCUT2D eigenvalue weighted by Gasteiger charge is 2.29. The Balaban J connectivity index is 1.84. The van der Waals surface area contributed by atoms with Crippen molar-refractivity contribution in [1.29, 1.82) is 0 Å². The molecule has 0 aliphatic carbocycles. The Bertz CT molecular complexity index is 978. The van der Waals surface area contributed by atoms with Gasteiger partial charge in [-0.1, -0.05) is 6.42 Å². The van der Waals surface area contributed by atoms with Crippen LogP contribution in [0, 0.1) is 19.7 Å².